The number of hydrogen-bond acceptors (Lipinski definition) is 2. The second kappa shape index (κ2) is 4.18. The van der Waals surface area contributed by atoms with Gasteiger partial charge >= 0.3 is 0 Å². The minimum atomic E-state index is -0.236. The monoisotopic (exact) mass is 238 g/mol. The summed E-state index contributed by atoms with van der Waals surface area (Å²) in [5.41, 5.74) is 3.79. The van der Waals surface area contributed by atoms with Crippen LogP contribution >= 0.6 is 0 Å². The highest BCUT2D eigenvalue weighted by atomic mass is 19.1. The van der Waals surface area contributed by atoms with Crippen molar-refractivity contribution in [1.82, 2.24) is 9.97 Å². The lowest BCUT2D eigenvalue weighted by Crippen LogP contribution is -1.89. The summed E-state index contributed by atoms with van der Waals surface area (Å²) in [7, 11) is 0. The van der Waals surface area contributed by atoms with Gasteiger partial charge in [0.05, 0.1) is 11.2 Å². The number of aryl methyl sites for hydroxylation is 1. The summed E-state index contributed by atoms with van der Waals surface area (Å²) < 4.78 is 12.9. The zero-order chi connectivity index (χ0) is 12.5. The molecule has 0 aliphatic rings. The van der Waals surface area contributed by atoms with Crippen LogP contribution in [0.5, 0.6) is 0 Å². The van der Waals surface area contributed by atoms with Crippen molar-refractivity contribution in [2.24, 2.45) is 0 Å². The molecule has 0 aliphatic carbocycles. The van der Waals surface area contributed by atoms with Gasteiger partial charge < -0.3 is 0 Å². The summed E-state index contributed by atoms with van der Waals surface area (Å²) in [6.45, 7) is 2.03. The van der Waals surface area contributed by atoms with Crippen LogP contribution in [0.2, 0.25) is 0 Å². The van der Waals surface area contributed by atoms with Crippen molar-refractivity contribution in [3.63, 3.8) is 0 Å². The fraction of sp³-hybridized carbons (Fsp3) is 0.0667. The molecule has 3 aromatic rings. The average Bonchev–Trinajstić information content (AvgIpc) is 2.39. The molecule has 0 saturated heterocycles. The van der Waals surface area contributed by atoms with Gasteiger partial charge in [-0.2, -0.15) is 0 Å². The van der Waals surface area contributed by atoms with E-state index in [1.54, 1.807) is 18.3 Å². The predicted molar refractivity (Wildman–Crippen MR) is 69.7 cm³/mol. The van der Waals surface area contributed by atoms with Crippen LogP contribution in [-0.2, 0) is 0 Å². The molecule has 2 nitrogen and oxygen atoms in total. The third-order valence-electron chi connectivity index (χ3n) is 2.96. The van der Waals surface area contributed by atoms with E-state index in [-0.39, 0.29) is 5.82 Å². The number of nitrogens with zero attached hydrogens (tertiary/aromatic N) is 2. The number of pyridine rings is 2. The quantitative estimate of drug-likeness (QED) is 0.645. The summed E-state index contributed by atoms with van der Waals surface area (Å²) in [5, 5.41) is 1.04. The third-order valence-corrected chi connectivity index (χ3v) is 2.96. The van der Waals surface area contributed by atoms with Crippen LogP contribution in [0, 0.1) is 12.7 Å². The number of hydrogen-bond donors (Lipinski definition) is 0. The van der Waals surface area contributed by atoms with Crippen molar-refractivity contribution in [2.75, 3.05) is 0 Å². The van der Waals surface area contributed by atoms with E-state index in [4.69, 9.17) is 0 Å². The Morgan fingerprint density at radius 1 is 1.06 bits per heavy atom. The van der Waals surface area contributed by atoms with Gasteiger partial charge in [-0.05, 0) is 48.9 Å². The SMILES string of the molecule is Cc1cc(-c2ccc(F)cc2)nc2ccncc12. The molecule has 0 saturated carbocycles. The van der Waals surface area contributed by atoms with Gasteiger partial charge in [-0.1, -0.05) is 0 Å². The Balaban J connectivity index is 2.21. The Hall–Kier alpha value is -2.29. The summed E-state index contributed by atoms with van der Waals surface area (Å²) >= 11 is 0. The van der Waals surface area contributed by atoms with E-state index in [9.17, 15) is 4.39 Å². The second-order valence-corrected chi connectivity index (χ2v) is 4.22. The zero-order valence-corrected chi connectivity index (χ0v) is 9.89. The van der Waals surface area contributed by atoms with E-state index in [1.807, 2.05) is 25.3 Å². The van der Waals surface area contributed by atoms with Crippen molar-refractivity contribution in [2.45, 2.75) is 6.92 Å². The van der Waals surface area contributed by atoms with Gasteiger partial charge in [-0.3, -0.25) is 4.98 Å². The smallest absolute Gasteiger partial charge is 0.123 e. The number of rotatable bonds is 1. The Morgan fingerprint density at radius 2 is 1.83 bits per heavy atom. The van der Waals surface area contributed by atoms with Crippen LogP contribution < -0.4 is 0 Å². The highest BCUT2D eigenvalue weighted by Crippen LogP contribution is 2.23. The number of fused-ring (bicyclic) bond motifs is 1. The lowest BCUT2D eigenvalue weighted by molar-refractivity contribution is 0.628. The summed E-state index contributed by atoms with van der Waals surface area (Å²) in [4.78, 5) is 8.67. The molecule has 0 atom stereocenters. The maximum absolute atomic E-state index is 12.9. The topological polar surface area (TPSA) is 25.8 Å². The van der Waals surface area contributed by atoms with Gasteiger partial charge in [-0.15, -0.1) is 0 Å². The first-order valence-corrected chi connectivity index (χ1v) is 5.71. The van der Waals surface area contributed by atoms with Crippen LogP contribution in [-0.4, -0.2) is 9.97 Å². The van der Waals surface area contributed by atoms with Gasteiger partial charge in [0.15, 0.2) is 0 Å². The predicted octanol–water partition coefficient (Wildman–Crippen LogP) is 3.74. The molecule has 0 bridgehead atoms. The molecule has 88 valence electrons. The van der Waals surface area contributed by atoms with E-state index >= 15 is 0 Å². The van der Waals surface area contributed by atoms with E-state index in [0.29, 0.717) is 0 Å². The summed E-state index contributed by atoms with van der Waals surface area (Å²) in [6, 6.07) is 10.3. The highest BCUT2D eigenvalue weighted by molar-refractivity contribution is 5.83. The first-order valence-electron chi connectivity index (χ1n) is 5.71. The molecule has 3 heteroatoms. The molecule has 2 heterocycles. The molecule has 0 fully saturated rings. The van der Waals surface area contributed by atoms with Crippen molar-refractivity contribution in [1.29, 1.82) is 0 Å². The molecular formula is C15H11FN2. The summed E-state index contributed by atoms with van der Waals surface area (Å²) in [6.07, 6.45) is 3.54. The normalized spacial score (nSPS) is 10.8. The van der Waals surface area contributed by atoms with Crippen LogP contribution in [0.15, 0.2) is 48.8 Å². The van der Waals surface area contributed by atoms with Crippen molar-refractivity contribution < 1.29 is 4.39 Å². The van der Waals surface area contributed by atoms with Gasteiger partial charge in [0.2, 0.25) is 0 Å². The molecule has 0 unspecified atom stereocenters. The Bertz CT molecular complexity index is 705. The Morgan fingerprint density at radius 3 is 2.61 bits per heavy atom. The zero-order valence-electron chi connectivity index (χ0n) is 9.89. The lowest BCUT2D eigenvalue weighted by Gasteiger charge is -2.06. The minimum absolute atomic E-state index is 0.236. The molecule has 1 aromatic carbocycles. The number of halogens is 1. The largest absolute Gasteiger partial charge is 0.264 e. The van der Waals surface area contributed by atoms with Gasteiger partial charge in [0.1, 0.15) is 5.82 Å². The molecule has 0 radical (unpaired) electrons. The second-order valence-electron chi connectivity index (χ2n) is 4.22. The van der Waals surface area contributed by atoms with Crippen LogP contribution in [0.3, 0.4) is 0 Å². The van der Waals surface area contributed by atoms with Crippen molar-refractivity contribution in [3.05, 3.63) is 60.2 Å². The fourth-order valence-corrected chi connectivity index (χ4v) is 2.00. The number of aromatic nitrogens is 2. The molecule has 2 aromatic heterocycles. The average molecular weight is 238 g/mol. The lowest BCUT2D eigenvalue weighted by atomic mass is 10.1. The van der Waals surface area contributed by atoms with E-state index in [1.165, 1.54) is 12.1 Å². The molecule has 0 amide bonds. The maximum Gasteiger partial charge on any atom is 0.123 e. The molecule has 0 spiro atoms. The number of benzene rings is 1. The Kier molecular flexibility index (Phi) is 2.52. The van der Waals surface area contributed by atoms with Crippen molar-refractivity contribution in [3.8, 4) is 11.3 Å². The minimum Gasteiger partial charge on any atom is -0.264 e. The maximum atomic E-state index is 12.9. The molecule has 18 heavy (non-hydrogen) atoms. The van der Waals surface area contributed by atoms with Gasteiger partial charge in [0.25, 0.3) is 0 Å². The molecular weight excluding hydrogens is 227 g/mol. The van der Waals surface area contributed by atoms with Crippen LogP contribution in [0.4, 0.5) is 4.39 Å². The van der Waals surface area contributed by atoms with E-state index < -0.39 is 0 Å². The van der Waals surface area contributed by atoms with Crippen molar-refractivity contribution >= 4 is 10.9 Å². The van der Waals surface area contributed by atoms with Crippen LogP contribution in [0.25, 0.3) is 22.2 Å². The van der Waals surface area contributed by atoms with E-state index in [2.05, 4.69) is 9.97 Å². The van der Waals surface area contributed by atoms with Gasteiger partial charge in [-0.25, -0.2) is 9.37 Å². The van der Waals surface area contributed by atoms with Gasteiger partial charge in [0, 0.05) is 23.3 Å². The third kappa shape index (κ3) is 1.84. The first kappa shape index (κ1) is 10.8. The fourth-order valence-electron chi connectivity index (χ4n) is 2.00. The molecule has 0 aliphatic heterocycles. The summed E-state index contributed by atoms with van der Waals surface area (Å²) in [5.74, 6) is -0.236. The Labute approximate surface area is 104 Å². The molecule has 0 N–H and O–H groups in total. The van der Waals surface area contributed by atoms with Crippen LogP contribution in [0.1, 0.15) is 5.56 Å². The standard InChI is InChI=1S/C15H11FN2/c1-10-8-15(11-2-4-12(16)5-3-11)18-14-6-7-17-9-13(10)14/h2-9H,1H3. The first-order chi connectivity index (χ1) is 8.74. The molecule has 3 rings (SSSR count). The van der Waals surface area contributed by atoms with E-state index in [0.717, 1.165) is 27.7 Å². The highest BCUT2D eigenvalue weighted by Gasteiger charge is 2.04.